The fourth-order valence-corrected chi connectivity index (χ4v) is 4.15. The van der Waals surface area contributed by atoms with E-state index in [0.717, 1.165) is 33.2 Å². The van der Waals surface area contributed by atoms with E-state index in [1.807, 2.05) is 60.7 Å². The molecular formula is C28H20N4. The average molecular weight is 412 g/mol. The number of benzene rings is 5. The van der Waals surface area contributed by atoms with Gasteiger partial charge in [0.05, 0.1) is 11.0 Å². The van der Waals surface area contributed by atoms with E-state index >= 15 is 0 Å². The standard InChI is InChI=1S/C28H20N4/c1-3-11-19(12-4-1)29-27-28(30-20-13-5-2-6-14-20)32-26-24-18-10-8-16-22(24)21-15-7-9-17-23(21)25(26)31-27/h1-18H,(H,29,31)(H,30,32). The lowest BCUT2D eigenvalue weighted by Crippen LogP contribution is -2.04. The molecule has 0 fully saturated rings. The number of nitrogens with one attached hydrogen (secondary N) is 2. The summed E-state index contributed by atoms with van der Waals surface area (Å²) in [7, 11) is 0. The molecule has 0 aliphatic carbocycles. The molecule has 0 aliphatic rings. The molecule has 0 amide bonds. The van der Waals surface area contributed by atoms with E-state index in [4.69, 9.17) is 9.97 Å². The average Bonchev–Trinajstić information content (AvgIpc) is 2.86. The SMILES string of the molecule is c1ccc(Nc2nc3c4ccccc4c4ccccc4c3nc2Nc2ccccc2)cc1. The summed E-state index contributed by atoms with van der Waals surface area (Å²) in [6, 6.07) is 36.9. The number of hydrogen-bond donors (Lipinski definition) is 2. The van der Waals surface area contributed by atoms with Gasteiger partial charge < -0.3 is 10.6 Å². The highest BCUT2D eigenvalue weighted by Crippen LogP contribution is 2.36. The third-order valence-electron chi connectivity index (χ3n) is 5.62. The number of anilines is 4. The van der Waals surface area contributed by atoms with Crippen molar-refractivity contribution in [3.8, 4) is 0 Å². The minimum Gasteiger partial charge on any atom is -0.337 e. The second-order valence-corrected chi connectivity index (χ2v) is 7.69. The minimum absolute atomic E-state index is 0.688. The van der Waals surface area contributed by atoms with E-state index < -0.39 is 0 Å². The van der Waals surface area contributed by atoms with Gasteiger partial charge in [0.1, 0.15) is 0 Å². The van der Waals surface area contributed by atoms with Gasteiger partial charge in [-0.25, -0.2) is 9.97 Å². The lowest BCUT2D eigenvalue weighted by molar-refractivity contribution is 1.28. The second kappa shape index (κ2) is 7.67. The van der Waals surface area contributed by atoms with Crippen molar-refractivity contribution in [2.45, 2.75) is 0 Å². The third-order valence-corrected chi connectivity index (χ3v) is 5.62. The van der Waals surface area contributed by atoms with Crippen molar-refractivity contribution in [1.82, 2.24) is 9.97 Å². The van der Waals surface area contributed by atoms with Crippen LogP contribution in [0.1, 0.15) is 0 Å². The molecule has 0 atom stereocenters. The van der Waals surface area contributed by atoms with Crippen LogP contribution in [0.2, 0.25) is 0 Å². The Balaban J connectivity index is 1.65. The van der Waals surface area contributed by atoms with Crippen LogP contribution in [0.5, 0.6) is 0 Å². The van der Waals surface area contributed by atoms with Gasteiger partial charge in [-0.15, -0.1) is 0 Å². The van der Waals surface area contributed by atoms with E-state index in [1.165, 1.54) is 10.8 Å². The first kappa shape index (κ1) is 18.3. The van der Waals surface area contributed by atoms with Crippen LogP contribution in [0.25, 0.3) is 32.6 Å². The van der Waals surface area contributed by atoms with Gasteiger partial charge in [0.15, 0.2) is 11.6 Å². The van der Waals surface area contributed by atoms with Crippen LogP contribution in [0.15, 0.2) is 109 Å². The number of para-hydroxylation sites is 2. The van der Waals surface area contributed by atoms with Crippen LogP contribution < -0.4 is 10.6 Å². The molecule has 0 spiro atoms. The van der Waals surface area contributed by atoms with Crippen molar-refractivity contribution in [2.75, 3.05) is 10.6 Å². The van der Waals surface area contributed by atoms with E-state index in [-0.39, 0.29) is 0 Å². The minimum atomic E-state index is 0.688. The maximum Gasteiger partial charge on any atom is 0.174 e. The predicted octanol–water partition coefficient (Wildman–Crippen LogP) is 7.42. The molecule has 1 aromatic heterocycles. The summed E-state index contributed by atoms with van der Waals surface area (Å²) in [5, 5.41) is 11.5. The zero-order valence-corrected chi connectivity index (χ0v) is 17.3. The summed E-state index contributed by atoms with van der Waals surface area (Å²) in [5.41, 5.74) is 3.69. The summed E-state index contributed by atoms with van der Waals surface area (Å²) in [6.45, 7) is 0. The predicted molar refractivity (Wildman–Crippen MR) is 134 cm³/mol. The molecular weight excluding hydrogens is 392 g/mol. The second-order valence-electron chi connectivity index (χ2n) is 7.69. The largest absolute Gasteiger partial charge is 0.337 e. The molecule has 5 aromatic carbocycles. The highest BCUT2D eigenvalue weighted by Gasteiger charge is 2.15. The Morgan fingerprint density at radius 1 is 0.375 bits per heavy atom. The van der Waals surface area contributed by atoms with Gasteiger partial charge in [0.2, 0.25) is 0 Å². The Bertz CT molecular complexity index is 1440. The van der Waals surface area contributed by atoms with Crippen molar-refractivity contribution in [1.29, 1.82) is 0 Å². The molecule has 4 heteroatoms. The zero-order chi connectivity index (χ0) is 21.3. The normalized spacial score (nSPS) is 11.1. The first-order valence-corrected chi connectivity index (χ1v) is 10.6. The lowest BCUT2D eigenvalue weighted by Gasteiger charge is -2.16. The molecule has 6 aromatic rings. The molecule has 0 radical (unpaired) electrons. The highest BCUT2D eigenvalue weighted by molar-refractivity contribution is 6.23. The number of nitrogens with zero attached hydrogens (tertiary/aromatic N) is 2. The van der Waals surface area contributed by atoms with Gasteiger partial charge >= 0.3 is 0 Å². The van der Waals surface area contributed by atoms with Gasteiger partial charge in [-0.3, -0.25) is 0 Å². The molecule has 2 N–H and O–H groups in total. The number of fused-ring (bicyclic) bond motifs is 6. The molecule has 0 bridgehead atoms. The topological polar surface area (TPSA) is 49.8 Å². The van der Waals surface area contributed by atoms with Crippen molar-refractivity contribution >= 4 is 55.6 Å². The smallest absolute Gasteiger partial charge is 0.174 e. The van der Waals surface area contributed by atoms with Crippen molar-refractivity contribution in [3.63, 3.8) is 0 Å². The van der Waals surface area contributed by atoms with Crippen LogP contribution in [0, 0.1) is 0 Å². The number of aromatic nitrogens is 2. The monoisotopic (exact) mass is 412 g/mol. The molecule has 0 unspecified atom stereocenters. The number of rotatable bonds is 4. The zero-order valence-electron chi connectivity index (χ0n) is 17.3. The number of hydrogen-bond acceptors (Lipinski definition) is 4. The fourth-order valence-electron chi connectivity index (χ4n) is 4.15. The lowest BCUT2D eigenvalue weighted by atomic mass is 9.99. The molecule has 0 aliphatic heterocycles. The van der Waals surface area contributed by atoms with Crippen LogP contribution in [-0.2, 0) is 0 Å². The molecule has 0 saturated heterocycles. The van der Waals surface area contributed by atoms with Crippen molar-refractivity contribution in [2.24, 2.45) is 0 Å². The Hall–Kier alpha value is -4.44. The molecule has 32 heavy (non-hydrogen) atoms. The van der Waals surface area contributed by atoms with E-state index in [0.29, 0.717) is 11.6 Å². The Kier molecular flexibility index (Phi) is 4.40. The molecule has 0 saturated carbocycles. The maximum absolute atomic E-state index is 5.11. The summed E-state index contributed by atoms with van der Waals surface area (Å²) in [4.78, 5) is 10.2. The molecule has 4 nitrogen and oxygen atoms in total. The highest BCUT2D eigenvalue weighted by atomic mass is 15.1. The Morgan fingerprint density at radius 3 is 1.12 bits per heavy atom. The molecule has 152 valence electrons. The van der Waals surface area contributed by atoms with E-state index in [1.54, 1.807) is 0 Å². The first-order chi connectivity index (χ1) is 15.9. The van der Waals surface area contributed by atoms with Gasteiger partial charge in [0, 0.05) is 22.1 Å². The van der Waals surface area contributed by atoms with Crippen molar-refractivity contribution in [3.05, 3.63) is 109 Å². The summed E-state index contributed by atoms with van der Waals surface area (Å²) >= 11 is 0. The summed E-state index contributed by atoms with van der Waals surface area (Å²) in [5.74, 6) is 1.38. The van der Waals surface area contributed by atoms with Crippen LogP contribution in [0.3, 0.4) is 0 Å². The summed E-state index contributed by atoms with van der Waals surface area (Å²) in [6.07, 6.45) is 0. The molecule has 1 heterocycles. The van der Waals surface area contributed by atoms with Crippen LogP contribution >= 0.6 is 0 Å². The van der Waals surface area contributed by atoms with Gasteiger partial charge in [-0.1, -0.05) is 84.9 Å². The van der Waals surface area contributed by atoms with Gasteiger partial charge in [-0.2, -0.15) is 0 Å². The van der Waals surface area contributed by atoms with Gasteiger partial charge in [0.25, 0.3) is 0 Å². The van der Waals surface area contributed by atoms with Crippen LogP contribution in [-0.4, -0.2) is 9.97 Å². The first-order valence-electron chi connectivity index (χ1n) is 10.6. The fraction of sp³-hybridized carbons (Fsp3) is 0. The quantitative estimate of drug-likeness (QED) is 0.296. The Morgan fingerprint density at radius 2 is 0.719 bits per heavy atom. The van der Waals surface area contributed by atoms with Crippen LogP contribution in [0.4, 0.5) is 23.0 Å². The van der Waals surface area contributed by atoms with Gasteiger partial charge in [-0.05, 0) is 35.0 Å². The van der Waals surface area contributed by atoms with E-state index in [9.17, 15) is 0 Å². The Labute approximate surface area is 185 Å². The summed E-state index contributed by atoms with van der Waals surface area (Å²) < 4.78 is 0. The van der Waals surface area contributed by atoms with E-state index in [2.05, 4.69) is 59.2 Å². The third kappa shape index (κ3) is 3.19. The maximum atomic E-state index is 5.11. The molecule has 6 rings (SSSR count). The van der Waals surface area contributed by atoms with Crippen molar-refractivity contribution < 1.29 is 0 Å².